The van der Waals surface area contributed by atoms with E-state index >= 15 is 0 Å². The minimum Gasteiger partial charge on any atom is -0.356 e. The molecule has 0 radical (unpaired) electrons. The second kappa shape index (κ2) is 7.06. The lowest BCUT2D eigenvalue weighted by atomic mass is 10.2. The van der Waals surface area contributed by atoms with E-state index in [0.717, 1.165) is 0 Å². The van der Waals surface area contributed by atoms with Crippen LogP contribution in [0.3, 0.4) is 0 Å². The van der Waals surface area contributed by atoms with E-state index in [1.54, 1.807) is 0 Å². The lowest BCUT2D eigenvalue weighted by Gasteiger charge is -2.08. The minimum atomic E-state index is 0.0279. The van der Waals surface area contributed by atoms with Gasteiger partial charge in [0.05, 0.1) is 17.4 Å². The van der Waals surface area contributed by atoms with Crippen LogP contribution >= 0.6 is 11.6 Å². The van der Waals surface area contributed by atoms with Crippen LogP contribution in [-0.2, 0) is 4.79 Å². The molecule has 0 bridgehead atoms. The maximum absolute atomic E-state index is 11.4. The Balaban J connectivity index is 2.19. The average Bonchev–Trinajstić information content (AvgIpc) is 2.29. The van der Waals surface area contributed by atoms with E-state index in [4.69, 9.17) is 11.6 Å². The third-order valence-electron chi connectivity index (χ3n) is 1.96. The molecule has 0 saturated heterocycles. The number of amides is 1. The van der Waals surface area contributed by atoms with E-state index in [2.05, 4.69) is 34.4 Å². The fraction of sp³-hybridized carbons (Fsp3) is 0.545. The van der Waals surface area contributed by atoms with Crippen molar-refractivity contribution in [2.75, 3.05) is 18.4 Å². The molecule has 2 N–H and O–H groups in total. The van der Waals surface area contributed by atoms with Crippen LogP contribution in [0.15, 0.2) is 12.4 Å². The SMILES string of the molecule is CC(C)CNC(=O)CCNc1ncc(Cl)cn1. The number of aromatic nitrogens is 2. The van der Waals surface area contributed by atoms with Crippen molar-refractivity contribution in [1.29, 1.82) is 0 Å². The molecule has 6 heteroatoms. The van der Waals surface area contributed by atoms with Crippen LogP contribution in [0.2, 0.25) is 5.02 Å². The van der Waals surface area contributed by atoms with Gasteiger partial charge in [-0.25, -0.2) is 9.97 Å². The zero-order valence-electron chi connectivity index (χ0n) is 10.0. The molecular weight excluding hydrogens is 240 g/mol. The molecule has 0 aliphatic heterocycles. The molecule has 1 heterocycles. The molecule has 5 nitrogen and oxygen atoms in total. The summed E-state index contributed by atoms with van der Waals surface area (Å²) in [5.41, 5.74) is 0. The molecule has 0 aliphatic carbocycles. The molecule has 1 rings (SSSR count). The Morgan fingerprint density at radius 2 is 2.06 bits per heavy atom. The number of hydrogen-bond donors (Lipinski definition) is 2. The van der Waals surface area contributed by atoms with Crippen molar-refractivity contribution in [3.05, 3.63) is 17.4 Å². The summed E-state index contributed by atoms with van der Waals surface area (Å²) < 4.78 is 0. The smallest absolute Gasteiger partial charge is 0.222 e. The molecule has 0 saturated carbocycles. The molecule has 0 aromatic carbocycles. The first-order valence-corrected chi connectivity index (χ1v) is 5.94. The summed E-state index contributed by atoms with van der Waals surface area (Å²) in [7, 11) is 0. The van der Waals surface area contributed by atoms with Gasteiger partial charge in [-0.2, -0.15) is 0 Å². The zero-order valence-corrected chi connectivity index (χ0v) is 10.8. The van der Waals surface area contributed by atoms with Crippen molar-refractivity contribution in [3.63, 3.8) is 0 Å². The standard InChI is InChI=1S/C11H17ClN4O/c1-8(2)5-14-10(17)3-4-13-11-15-6-9(12)7-16-11/h6-8H,3-5H2,1-2H3,(H,14,17)(H,13,15,16). The molecule has 0 spiro atoms. The predicted octanol–water partition coefficient (Wildman–Crippen LogP) is 1.70. The molecule has 0 unspecified atom stereocenters. The van der Waals surface area contributed by atoms with E-state index in [0.29, 0.717) is 36.4 Å². The molecule has 1 amide bonds. The van der Waals surface area contributed by atoms with Gasteiger partial charge < -0.3 is 10.6 Å². The summed E-state index contributed by atoms with van der Waals surface area (Å²) in [4.78, 5) is 19.3. The first-order valence-electron chi connectivity index (χ1n) is 5.56. The average molecular weight is 257 g/mol. The summed E-state index contributed by atoms with van der Waals surface area (Å²) in [6.45, 7) is 5.32. The van der Waals surface area contributed by atoms with Crippen molar-refractivity contribution in [1.82, 2.24) is 15.3 Å². The lowest BCUT2D eigenvalue weighted by molar-refractivity contribution is -0.120. The Labute approximate surface area is 106 Å². The topological polar surface area (TPSA) is 66.9 Å². The van der Waals surface area contributed by atoms with Crippen LogP contribution in [0.5, 0.6) is 0 Å². The zero-order chi connectivity index (χ0) is 12.7. The van der Waals surface area contributed by atoms with Crippen molar-refractivity contribution in [2.24, 2.45) is 5.92 Å². The van der Waals surface area contributed by atoms with Crippen LogP contribution < -0.4 is 10.6 Å². The van der Waals surface area contributed by atoms with Gasteiger partial charge in [-0.05, 0) is 5.92 Å². The highest BCUT2D eigenvalue weighted by Gasteiger charge is 2.02. The Morgan fingerprint density at radius 1 is 1.41 bits per heavy atom. The second-order valence-corrected chi connectivity index (χ2v) is 4.54. The van der Waals surface area contributed by atoms with Crippen molar-refractivity contribution in [2.45, 2.75) is 20.3 Å². The first kappa shape index (κ1) is 13.7. The van der Waals surface area contributed by atoms with Crippen LogP contribution in [0, 0.1) is 5.92 Å². The molecular formula is C11H17ClN4O. The van der Waals surface area contributed by atoms with E-state index in [1.807, 2.05) is 0 Å². The number of nitrogens with zero attached hydrogens (tertiary/aromatic N) is 2. The van der Waals surface area contributed by atoms with Gasteiger partial charge in [0.1, 0.15) is 0 Å². The van der Waals surface area contributed by atoms with E-state index in [1.165, 1.54) is 12.4 Å². The van der Waals surface area contributed by atoms with Crippen LogP contribution in [0.25, 0.3) is 0 Å². The highest BCUT2D eigenvalue weighted by atomic mass is 35.5. The number of carbonyl (C=O) groups excluding carboxylic acids is 1. The predicted molar refractivity (Wildman–Crippen MR) is 68.0 cm³/mol. The Bertz CT molecular complexity index is 353. The second-order valence-electron chi connectivity index (χ2n) is 4.10. The van der Waals surface area contributed by atoms with Gasteiger partial charge in [0.15, 0.2) is 0 Å². The quantitative estimate of drug-likeness (QED) is 0.813. The maximum atomic E-state index is 11.4. The molecule has 0 atom stereocenters. The van der Waals surface area contributed by atoms with Gasteiger partial charge in [-0.15, -0.1) is 0 Å². The number of hydrogen-bond acceptors (Lipinski definition) is 4. The van der Waals surface area contributed by atoms with E-state index < -0.39 is 0 Å². The van der Waals surface area contributed by atoms with Crippen LogP contribution in [-0.4, -0.2) is 29.0 Å². The monoisotopic (exact) mass is 256 g/mol. The maximum Gasteiger partial charge on any atom is 0.222 e. The highest BCUT2D eigenvalue weighted by Crippen LogP contribution is 2.05. The number of halogens is 1. The van der Waals surface area contributed by atoms with Crippen molar-refractivity contribution in [3.8, 4) is 0 Å². The van der Waals surface area contributed by atoms with Gasteiger partial charge in [0, 0.05) is 19.5 Å². The number of nitrogens with one attached hydrogen (secondary N) is 2. The molecule has 0 fully saturated rings. The van der Waals surface area contributed by atoms with E-state index in [-0.39, 0.29) is 5.91 Å². The highest BCUT2D eigenvalue weighted by molar-refractivity contribution is 6.30. The van der Waals surface area contributed by atoms with Crippen LogP contribution in [0.4, 0.5) is 5.95 Å². The van der Waals surface area contributed by atoms with Crippen molar-refractivity contribution < 1.29 is 4.79 Å². The molecule has 17 heavy (non-hydrogen) atoms. The third kappa shape index (κ3) is 6.06. The molecule has 1 aromatic heterocycles. The largest absolute Gasteiger partial charge is 0.356 e. The van der Waals surface area contributed by atoms with E-state index in [9.17, 15) is 4.79 Å². The summed E-state index contributed by atoms with van der Waals surface area (Å²) in [5, 5.41) is 6.28. The molecule has 94 valence electrons. The van der Waals surface area contributed by atoms with Gasteiger partial charge in [-0.3, -0.25) is 4.79 Å². The Hall–Kier alpha value is -1.36. The Kier molecular flexibility index (Phi) is 5.69. The molecule has 1 aromatic rings. The van der Waals surface area contributed by atoms with Crippen molar-refractivity contribution >= 4 is 23.5 Å². The fourth-order valence-electron chi connectivity index (χ4n) is 1.10. The third-order valence-corrected chi connectivity index (χ3v) is 2.16. The van der Waals surface area contributed by atoms with Gasteiger partial charge >= 0.3 is 0 Å². The number of carbonyl (C=O) groups is 1. The minimum absolute atomic E-state index is 0.0279. The molecule has 0 aliphatic rings. The first-order chi connectivity index (χ1) is 8.08. The summed E-state index contributed by atoms with van der Waals surface area (Å²) in [6, 6.07) is 0. The summed E-state index contributed by atoms with van der Waals surface area (Å²) in [6.07, 6.45) is 3.42. The summed E-state index contributed by atoms with van der Waals surface area (Å²) >= 11 is 5.65. The summed E-state index contributed by atoms with van der Waals surface area (Å²) in [5.74, 6) is 0.970. The fourth-order valence-corrected chi connectivity index (χ4v) is 1.20. The number of anilines is 1. The Morgan fingerprint density at radius 3 is 2.65 bits per heavy atom. The van der Waals surface area contributed by atoms with Gasteiger partial charge in [0.2, 0.25) is 11.9 Å². The van der Waals surface area contributed by atoms with Gasteiger partial charge in [0.25, 0.3) is 0 Å². The lowest BCUT2D eigenvalue weighted by Crippen LogP contribution is -2.28. The normalized spacial score (nSPS) is 10.4. The van der Waals surface area contributed by atoms with Crippen LogP contribution in [0.1, 0.15) is 20.3 Å². The number of rotatable bonds is 6. The van der Waals surface area contributed by atoms with Gasteiger partial charge in [-0.1, -0.05) is 25.4 Å².